The van der Waals surface area contributed by atoms with E-state index in [1.165, 1.54) is 18.2 Å². The number of phenols is 1. The van der Waals surface area contributed by atoms with E-state index < -0.39 is 10.8 Å². The van der Waals surface area contributed by atoms with Crippen molar-refractivity contribution in [1.29, 1.82) is 0 Å². The lowest BCUT2D eigenvalue weighted by Crippen LogP contribution is -2.10. The lowest BCUT2D eigenvalue weighted by atomic mass is 9.92. The summed E-state index contributed by atoms with van der Waals surface area (Å²) in [5.41, 5.74) is 0.951. The van der Waals surface area contributed by atoms with E-state index in [0.717, 1.165) is 5.56 Å². The Morgan fingerprint density at radius 2 is 2.05 bits per heavy atom. The number of nitro groups is 1. The Kier molecular flexibility index (Phi) is 4.44. The summed E-state index contributed by atoms with van der Waals surface area (Å²) in [5, 5.41) is 20.7. The van der Waals surface area contributed by atoms with Gasteiger partial charge in [0, 0.05) is 31.4 Å². The first-order chi connectivity index (χ1) is 11.0. The third kappa shape index (κ3) is 3.69. The van der Waals surface area contributed by atoms with Gasteiger partial charge in [0.05, 0.1) is 4.92 Å². The number of non-ortho nitro benzene ring substituents is 1. The van der Waals surface area contributed by atoms with E-state index >= 15 is 0 Å². The van der Waals surface area contributed by atoms with Crippen molar-refractivity contribution < 1.29 is 16.2 Å². The van der Waals surface area contributed by atoms with Crippen LogP contribution in [0, 0.1) is 10.1 Å². The molecule has 2 aromatic rings. The molecule has 114 valence electrons. The Hall–Kier alpha value is -2.69. The molecule has 0 bridgehead atoms. The number of benzene rings is 2. The van der Waals surface area contributed by atoms with Crippen LogP contribution in [0.5, 0.6) is 5.75 Å². The van der Waals surface area contributed by atoms with Crippen LogP contribution in [0.2, 0.25) is 0 Å². The van der Waals surface area contributed by atoms with Crippen molar-refractivity contribution in [3.8, 4) is 5.75 Å². The van der Waals surface area contributed by atoms with Crippen LogP contribution in [0.3, 0.4) is 0 Å². The molecule has 1 atom stereocenters. The number of hydrogen-bond acceptors (Lipinski definition) is 4. The zero-order valence-electron chi connectivity index (χ0n) is 12.9. The molecule has 0 aliphatic carbocycles. The number of nitrogens with zero attached hydrogens (tertiary/aromatic N) is 1. The summed E-state index contributed by atoms with van der Waals surface area (Å²) in [6, 6.07) is 13.0. The molecule has 1 unspecified atom stereocenters. The maximum Gasteiger partial charge on any atom is 0.269 e. The average molecular weight is 300 g/mol. The fourth-order valence-electron chi connectivity index (χ4n) is 2.19. The summed E-state index contributed by atoms with van der Waals surface area (Å²) in [7, 11) is 0. The van der Waals surface area contributed by atoms with Gasteiger partial charge in [-0.1, -0.05) is 37.2 Å². The minimum absolute atomic E-state index is 0.146. The fraction of sp³-hybridized carbons (Fsp3) is 0.235. The number of phenolic OH excluding ortho intramolecular Hbond substituents is 1. The highest BCUT2D eigenvalue weighted by molar-refractivity contribution is 5.86. The second-order valence-corrected chi connectivity index (χ2v) is 5.00. The third-order valence-electron chi connectivity index (χ3n) is 3.49. The molecule has 0 spiro atoms. The van der Waals surface area contributed by atoms with E-state index in [-0.39, 0.29) is 36.1 Å². The maximum absolute atomic E-state index is 12.4. The number of ketones is 1. The smallest absolute Gasteiger partial charge is 0.269 e. The van der Waals surface area contributed by atoms with Crippen molar-refractivity contribution in [3.05, 3.63) is 69.8 Å². The van der Waals surface area contributed by atoms with Gasteiger partial charge >= 0.3 is 0 Å². The van der Waals surface area contributed by atoms with Crippen molar-refractivity contribution in [2.24, 2.45) is 0 Å². The molecule has 0 amide bonds. The highest BCUT2D eigenvalue weighted by Gasteiger charge is 2.21. The average Bonchev–Trinajstić information content (AvgIpc) is 2.56. The second-order valence-electron chi connectivity index (χ2n) is 5.00. The van der Waals surface area contributed by atoms with Crippen LogP contribution >= 0.6 is 0 Å². The first kappa shape index (κ1) is 14.3. The molecule has 0 fully saturated rings. The number of carbonyl (C=O) groups is 1. The van der Waals surface area contributed by atoms with Crippen molar-refractivity contribution in [2.45, 2.75) is 25.7 Å². The quantitative estimate of drug-likeness (QED) is 0.652. The Morgan fingerprint density at radius 3 is 2.68 bits per heavy atom. The fourth-order valence-corrected chi connectivity index (χ4v) is 2.19. The minimum atomic E-state index is -0.862. The standard InChI is InChI=1S/C17H17NO4/c1-12(15-11-14(18(21)22)8-10-17(15)20)16(19)9-7-13-5-3-2-4-6-13/h2-6,8,10-12,20H,7,9H2,1H3/i1D. The lowest BCUT2D eigenvalue weighted by Gasteiger charge is -2.12. The first-order valence-corrected chi connectivity index (χ1v) is 6.86. The van der Waals surface area contributed by atoms with E-state index in [1.54, 1.807) is 0 Å². The molecule has 2 rings (SSSR count). The maximum atomic E-state index is 12.4. The van der Waals surface area contributed by atoms with Crippen LogP contribution in [-0.4, -0.2) is 15.8 Å². The van der Waals surface area contributed by atoms with Crippen molar-refractivity contribution >= 4 is 11.5 Å². The van der Waals surface area contributed by atoms with E-state index in [0.29, 0.717) is 6.42 Å². The van der Waals surface area contributed by atoms with E-state index in [1.807, 2.05) is 30.3 Å². The van der Waals surface area contributed by atoms with Crippen LogP contribution in [0.25, 0.3) is 0 Å². The molecule has 0 aliphatic heterocycles. The summed E-state index contributed by atoms with van der Waals surface area (Å²) in [6.45, 7) is -0.262. The molecule has 1 N–H and O–H groups in total. The van der Waals surface area contributed by atoms with Crippen molar-refractivity contribution in [1.82, 2.24) is 0 Å². The van der Waals surface area contributed by atoms with Crippen LogP contribution < -0.4 is 0 Å². The molecule has 0 aromatic heterocycles. The van der Waals surface area contributed by atoms with E-state index in [4.69, 9.17) is 1.37 Å². The van der Waals surface area contributed by atoms with Gasteiger partial charge in [0.1, 0.15) is 11.5 Å². The monoisotopic (exact) mass is 300 g/mol. The molecule has 0 saturated carbocycles. The molecule has 0 aliphatic rings. The van der Waals surface area contributed by atoms with Gasteiger partial charge in [0.2, 0.25) is 0 Å². The lowest BCUT2D eigenvalue weighted by molar-refractivity contribution is -0.384. The summed E-state index contributed by atoms with van der Waals surface area (Å²) >= 11 is 0. The van der Waals surface area contributed by atoms with Gasteiger partial charge in [-0.15, -0.1) is 0 Å². The highest BCUT2D eigenvalue weighted by Crippen LogP contribution is 2.30. The van der Waals surface area contributed by atoms with Gasteiger partial charge in [-0.3, -0.25) is 14.9 Å². The van der Waals surface area contributed by atoms with Gasteiger partial charge in [-0.2, -0.15) is 0 Å². The molecule has 0 saturated heterocycles. The van der Waals surface area contributed by atoms with Gasteiger partial charge in [-0.25, -0.2) is 0 Å². The Labute approximate surface area is 129 Å². The summed E-state index contributed by atoms with van der Waals surface area (Å²) in [6.07, 6.45) is 0.752. The van der Waals surface area contributed by atoms with Gasteiger partial charge < -0.3 is 5.11 Å². The number of nitro benzene ring substituents is 1. The van der Waals surface area contributed by atoms with E-state index in [2.05, 4.69) is 0 Å². The van der Waals surface area contributed by atoms with E-state index in [9.17, 15) is 20.0 Å². The molecular weight excluding hydrogens is 282 g/mol. The Morgan fingerprint density at radius 1 is 1.32 bits per heavy atom. The number of Topliss-reactive ketones (excluding diaryl/α,β-unsaturated/α-hetero) is 1. The first-order valence-electron chi connectivity index (χ1n) is 7.57. The summed E-state index contributed by atoms with van der Waals surface area (Å²) < 4.78 is 7.58. The van der Waals surface area contributed by atoms with Gasteiger partial charge in [0.25, 0.3) is 5.69 Å². The number of aryl methyl sites for hydroxylation is 1. The predicted octanol–water partition coefficient (Wildman–Crippen LogP) is 3.61. The van der Waals surface area contributed by atoms with Crippen LogP contribution in [0.4, 0.5) is 5.69 Å². The molecule has 0 heterocycles. The molecule has 5 nitrogen and oxygen atoms in total. The van der Waals surface area contributed by atoms with Crippen LogP contribution in [0.1, 0.15) is 31.7 Å². The number of carbonyl (C=O) groups excluding carboxylic acids is 1. The molecule has 5 heteroatoms. The SMILES string of the molecule is [2H]CC(C(=O)CCc1ccccc1)c1cc([N+](=O)[O-])ccc1O. The zero-order chi connectivity index (χ0) is 16.8. The molecule has 2 aromatic carbocycles. The minimum Gasteiger partial charge on any atom is -0.508 e. The van der Waals surface area contributed by atoms with Gasteiger partial charge in [-0.05, 0) is 18.1 Å². The summed E-state index contributed by atoms with van der Waals surface area (Å²) in [4.78, 5) is 22.6. The molecular formula is C17H17NO4. The Bertz CT molecular complexity index is 703. The molecule has 22 heavy (non-hydrogen) atoms. The zero-order valence-corrected chi connectivity index (χ0v) is 11.9. The van der Waals surface area contributed by atoms with Crippen LogP contribution in [-0.2, 0) is 11.2 Å². The second kappa shape index (κ2) is 6.85. The van der Waals surface area contributed by atoms with Crippen molar-refractivity contribution in [3.63, 3.8) is 0 Å². The number of hydrogen-bond donors (Lipinski definition) is 1. The summed E-state index contributed by atoms with van der Waals surface area (Å²) in [5.74, 6) is -1.26. The van der Waals surface area contributed by atoms with Crippen LogP contribution in [0.15, 0.2) is 48.5 Å². The van der Waals surface area contributed by atoms with Crippen molar-refractivity contribution in [2.75, 3.05) is 0 Å². The third-order valence-corrected chi connectivity index (χ3v) is 3.49. The topological polar surface area (TPSA) is 80.4 Å². The normalized spacial score (nSPS) is 12.5. The predicted molar refractivity (Wildman–Crippen MR) is 82.9 cm³/mol. The van der Waals surface area contributed by atoms with Gasteiger partial charge in [0.15, 0.2) is 0 Å². The largest absolute Gasteiger partial charge is 0.508 e. The number of rotatable bonds is 6. The highest BCUT2D eigenvalue weighted by atomic mass is 16.6. The molecule has 0 radical (unpaired) electrons. The Balaban J connectivity index is 2.17. The number of aromatic hydroxyl groups is 1.